The number of likely N-dealkylation sites (tertiary alicyclic amines) is 1. The zero-order valence-electron chi connectivity index (χ0n) is 10.6. The second-order valence-electron chi connectivity index (χ2n) is 5.55. The summed E-state index contributed by atoms with van der Waals surface area (Å²) in [6, 6.07) is 0. The summed E-state index contributed by atoms with van der Waals surface area (Å²) in [5.74, 6) is 0.481. The van der Waals surface area contributed by atoms with Crippen LogP contribution in [-0.2, 0) is 4.79 Å². The van der Waals surface area contributed by atoms with Gasteiger partial charge in [-0.15, -0.1) is 0 Å². The lowest BCUT2D eigenvalue weighted by atomic mass is 9.82. The number of carbonyl (C=O) groups is 1. The highest BCUT2D eigenvalue weighted by Gasteiger charge is 2.41. The molecule has 0 atom stereocenters. The van der Waals surface area contributed by atoms with Gasteiger partial charge >= 0.3 is 0 Å². The molecular formula is C14H25NO. The highest BCUT2D eigenvalue weighted by Crippen LogP contribution is 2.42. The number of nitrogens with zero attached hydrogens (tertiary/aromatic N) is 1. The fraction of sp³-hybridized carbons (Fsp3) is 0.929. The van der Waals surface area contributed by atoms with Crippen LogP contribution in [0.25, 0.3) is 0 Å². The van der Waals surface area contributed by atoms with Crippen molar-refractivity contribution in [1.29, 1.82) is 0 Å². The maximum absolute atomic E-state index is 12.6. The lowest BCUT2D eigenvalue weighted by Crippen LogP contribution is -2.42. The molecule has 1 saturated heterocycles. The Hall–Kier alpha value is -0.530. The summed E-state index contributed by atoms with van der Waals surface area (Å²) in [6.45, 7) is 4.22. The molecule has 1 saturated carbocycles. The molecule has 1 aliphatic carbocycles. The maximum Gasteiger partial charge on any atom is 0.228 e. The molecule has 2 aliphatic rings. The Morgan fingerprint density at radius 1 is 1.00 bits per heavy atom. The lowest BCUT2D eigenvalue weighted by Gasteiger charge is -2.33. The number of hydrogen-bond donors (Lipinski definition) is 0. The molecule has 0 aromatic heterocycles. The van der Waals surface area contributed by atoms with Crippen LogP contribution in [0, 0.1) is 5.41 Å². The minimum atomic E-state index is 0.0321. The van der Waals surface area contributed by atoms with Crippen molar-refractivity contribution < 1.29 is 4.79 Å². The second-order valence-corrected chi connectivity index (χ2v) is 5.55. The van der Waals surface area contributed by atoms with Crippen LogP contribution in [0.2, 0.25) is 0 Å². The zero-order chi connectivity index (χ0) is 11.4. The molecule has 0 aromatic rings. The highest BCUT2D eigenvalue weighted by molar-refractivity contribution is 5.83. The Labute approximate surface area is 99.4 Å². The van der Waals surface area contributed by atoms with Gasteiger partial charge in [-0.1, -0.05) is 32.6 Å². The van der Waals surface area contributed by atoms with Crippen LogP contribution < -0.4 is 0 Å². The second kappa shape index (κ2) is 5.20. The van der Waals surface area contributed by atoms with E-state index in [1.165, 1.54) is 38.5 Å². The molecule has 0 bridgehead atoms. The summed E-state index contributed by atoms with van der Waals surface area (Å²) >= 11 is 0. The molecular weight excluding hydrogens is 198 g/mol. The molecule has 2 fully saturated rings. The first-order chi connectivity index (χ1) is 7.78. The molecule has 2 heteroatoms. The van der Waals surface area contributed by atoms with Gasteiger partial charge < -0.3 is 4.90 Å². The van der Waals surface area contributed by atoms with Gasteiger partial charge in [0, 0.05) is 18.5 Å². The van der Waals surface area contributed by atoms with E-state index >= 15 is 0 Å². The number of carbonyl (C=O) groups excluding carboxylic acids is 1. The normalized spacial score (nSPS) is 25.4. The average Bonchev–Trinajstić information content (AvgIpc) is 2.64. The van der Waals surface area contributed by atoms with Crippen molar-refractivity contribution in [3.05, 3.63) is 0 Å². The van der Waals surface area contributed by atoms with E-state index in [2.05, 4.69) is 11.8 Å². The zero-order valence-corrected chi connectivity index (χ0v) is 10.6. The number of rotatable bonds is 2. The SMILES string of the molecule is CCC1(C(=O)N2CCCCCC2)CCCC1. The van der Waals surface area contributed by atoms with Crippen molar-refractivity contribution in [1.82, 2.24) is 4.90 Å². The van der Waals surface area contributed by atoms with E-state index in [4.69, 9.17) is 0 Å². The first kappa shape index (κ1) is 11.9. The van der Waals surface area contributed by atoms with Crippen LogP contribution in [0.5, 0.6) is 0 Å². The third-order valence-corrected chi connectivity index (χ3v) is 4.58. The number of amides is 1. The topological polar surface area (TPSA) is 20.3 Å². The van der Waals surface area contributed by atoms with E-state index in [9.17, 15) is 4.79 Å². The van der Waals surface area contributed by atoms with Gasteiger partial charge in [0.05, 0.1) is 0 Å². The first-order valence-corrected chi connectivity index (χ1v) is 7.08. The summed E-state index contributed by atoms with van der Waals surface area (Å²) in [6.07, 6.45) is 10.9. The van der Waals surface area contributed by atoms with Gasteiger partial charge in [0.25, 0.3) is 0 Å². The third kappa shape index (κ3) is 2.26. The fourth-order valence-electron chi connectivity index (χ4n) is 3.38. The minimum Gasteiger partial charge on any atom is -0.342 e. The van der Waals surface area contributed by atoms with Crippen LogP contribution >= 0.6 is 0 Å². The van der Waals surface area contributed by atoms with E-state index in [1.807, 2.05) is 0 Å². The van der Waals surface area contributed by atoms with E-state index in [0.29, 0.717) is 5.91 Å². The summed E-state index contributed by atoms with van der Waals surface area (Å²) in [7, 11) is 0. The van der Waals surface area contributed by atoms with Crippen molar-refractivity contribution >= 4 is 5.91 Å². The van der Waals surface area contributed by atoms with Gasteiger partial charge in [-0.05, 0) is 32.1 Å². The quantitative estimate of drug-likeness (QED) is 0.703. The van der Waals surface area contributed by atoms with Crippen LogP contribution in [0.1, 0.15) is 64.7 Å². The van der Waals surface area contributed by atoms with Gasteiger partial charge in [0.15, 0.2) is 0 Å². The van der Waals surface area contributed by atoms with E-state index in [-0.39, 0.29) is 5.41 Å². The van der Waals surface area contributed by atoms with Crippen molar-refractivity contribution in [3.8, 4) is 0 Å². The first-order valence-electron chi connectivity index (χ1n) is 7.08. The fourth-order valence-corrected chi connectivity index (χ4v) is 3.38. The molecule has 0 aromatic carbocycles. The van der Waals surface area contributed by atoms with Gasteiger partial charge in [-0.2, -0.15) is 0 Å². The monoisotopic (exact) mass is 223 g/mol. The maximum atomic E-state index is 12.6. The van der Waals surface area contributed by atoms with Crippen LogP contribution in [-0.4, -0.2) is 23.9 Å². The molecule has 1 heterocycles. The van der Waals surface area contributed by atoms with Gasteiger partial charge in [-0.3, -0.25) is 4.79 Å². The van der Waals surface area contributed by atoms with Crippen molar-refractivity contribution in [2.24, 2.45) is 5.41 Å². The Morgan fingerprint density at radius 3 is 2.06 bits per heavy atom. The van der Waals surface area contributed by atoms with Crippen LogP contribution in [0.3, 0.4) is 0 Å². The van der Waals surface area contributed by atoms with Gasteiger partial charge in [0.1, 0.15) is 0 Å². The predicted molar refractivity (Wildman–Crippen MR) is 66.2 cm³/mol. The lowest BCUT2D eigenvalue weighted by molar-refractivity contribution is -0.142. The predicted octanol–water partition coefficient (Wildman–Crippen LogP) is 3.36. The summed E-state index contributed by atoms with van der Waals surface area (Å²) in [4.78, 5) is 14.8. The molecule has 1 amide bonds. The Kier molecular flexibility index (Phi) is 3.88. The molecule has 0 N–H and O–H groups in total. The Balaban J connectivity index is 2.03. The summed E-state index contributed by atoms with van der Waals surface area (Å²) in [5.41, 5.74) is 0.0321. The van der Waals surface area contributed by atoms with E-state index in [0.717, 1.165) is 32.4 Å². The largest absolute Gasteiger partial charge is 0.342 e. The van der Waals surface area contributed by atoms with Crippen LogP contribution in [0.4, 0.5) is 0 Å². The minimum absolute atomic E-state index is 0.0321. The third-order valence-electron chi connectivity index (χ3n) is 4.58. The average molecular weight is 223 g/mol. The molecule has 2 nitrogen and oxygen atoms in total. The molecule has 92 valence electrons. The van der Waals surface area contributed by atoms with Crippen molar-refractivity contribution in [2.45, 2.75) is 64.7 Å². The Morgan fingerprint density at radius 2 is 1.56 bits per heavy atom. The van der Waals surface area contributed by atoms with Crippen molar-refractivity contribution in [3.63, 3.8) is 0 Å². The molecule has 16 heavy (non-hydrogen) atoms. The molecule has 0 unspecified atom stereocenters. The van der Waals surface area contributed by atoms with Crippen molar-refractivity contribution in [2.75, 3.05) is 13.1 Å². The number of hydrogen-bond acceptors (Lipinski definition) is 1. The standard InChI is InChI=1S/C14H25NO/c1-2-14(9-5-6-10-14)13(16)15-11-7-3-4-8-12-15/h2-12H2,1H3. The Bertz CT molecular complexity index is 235. The molecule has 2 rings (SSSR count). The highest BCUT2D eigenvalue weighted by atomic mass is 16.2. The van der Waals surface area contributed by atoms with Crippen LogP contribution in [0.15, 0.2) is 0 Å². The van der Waals surface area contributed by atoms with E-state index in [1.54, 1.807) is 0 Å². The smallest absolute Gasteiger partial charge is 0.228 e. The van der Waals surface area contributed by atoms with Gasteiger partial charge in [0.2, 0.25) is 5.91 Å². The van der Waals surface area contributed by atoms with E-state index < -0.39 is 0 Å². The molecule has 1 aliphatic heterocycles. The van der Waals surface area contributed by atoms with Gasteiger partial charge in [-0.25, -0.2) is 0 Å². The molecule has 0 spiro atoms. The summed E-state index contributed by atoms with van der Waals surface area (Å²) < 4.78 is 0. The summed E-state index contributed by atoms with van der Waals surface area (Å²) in [5, 5.41) is 0. The molecule has 0 radical (unpaired) electrons.